The molecule has 1 fully saturated rings. The van der Waals surface area contributed by atoms with Crippen molar-refractivity contribution in [2.75, 3.05) is 0 Å². The predicted octanol–water partition coefficient (Wildman–Crippen LogP) is 5.38. The van der Waals surface area contributed by atoms with Crippen LogP contribution in [0.4, 0.5) is 0 Å². The summed E-state index contributed by atoms with van der Waals surface area (Å²) in [6, 6.07) is 2.58. The minimum atomic E-state index is 0.359. The van der Waals surface area contributed by atoms with Crippen molar-refractivity contribution in [1.82, 2.24) is 0 Å². The highest BCUT2D eigenvalue weighted by molar-refractivity contribution is 9.10. The van der Waals surface area contributed by atoms with Crippen LogP contribution in [0.2, 0.25) is 0 Å². The molecule has 0 aromatic carbocycles. The molecule has 1 saturated carbocycles. The van der Waals surface area contributed by atoms with Crippen LogP contribution < -0.4 is 5.73 Å². The smallest absolute Gasteiger partial charge is 0.0285 e. The number of thiophene rings is 1. The maximum Gasteiger partial charge on any atom is 0.0285 e. The fourth-order valence-electron chi connectivity index (χ4n) is 3.26. The molecule has 1 atom stereocenters. The van der Waals surface area contributed by atoms with Crippen LogP contribution in [0.1, 0.15) is 56.7 Å². The Balaban J connectivity index is 1.74. The fourth-order valence-corrected chi connectivity index (χ4v) is 4.78. The van der Waals surface area contributed by atoms with E-state index in [1.54, 1.807) is 0 Å². The molecule has 1 aromatic heterocycles. The third-order valence-electron chi connectivity index (χ3n) is 4.52. The first-order valence-corrected chi connectivity index (χ1v) is 9.34. The van der Waals surface area contributed by atoms with Crippen molar-refractivity contribution in [3.05, 3.63) is 20.8 Å². The molecule has 19 heavy (non-hydrogen) atoms. The highest BCUT2D eigenvalue weighted by Gasteiger charge is 2.25. The maximum absolute atomic E-state index is 6.43. The lowest BCUT2D eigenvalue weighted by molar-refractivity contribution is 0.231. The van der Waals surface area contributed by atoms with E-state index in [1.807, 2.05) is 11.3 Å². The number of nitrogens with two attached hydrogens (primary N) is 1. The quantitative estimate of drug-likeness (QED) is 0.737. The monoisotopic (exact) mass is 343 g/mol. The van der Waals surface area contributed by atoms with Crippen molar-refractivity contribution < 1.29 is 0 Å². The van der Waals surface area contributed by atoms with Gasteiger partial charge in [0.05, 0.1) is 0 Å². The number of rotatable bonds is 6. The lowest BCUT2D eigenvalue weighted by atomic mass is 9.76. The molecule has 2 N–H and O–H groups in total. The highest BCUT2D eigenvalue weighted by Crippen LogP contribution is 2.34. The Bertz CT molecular complexity index is 369. The first kappa shape index (κ1) is 15.5. The summed E-state index contributed by atoms with van der Waals surface area (Å²) >= 11 is 5.35. The summed E-state index contributed by atoms with van der Waals surface area (Å²) in [6.45, 7) is 2.29. The molecule has 0 bridgehead atoms. The Morgan fingerprint density at radius 1 is 1.37 bits per heavy atom. The molecule has 2 rings (SSSR count). The van der Waals surface area contributed by atoms with Gasteiger partial charge in [0.25, 0.3) is 0 Å². The third kappa shape index (κ3) is 4.87. The summed E-state index contributed by atoms with van der Waals surface area (Å²) in [5, 5.41) is 2.16. The van der Waals surface area contributed by atoms with E-state index in [4.69, 9.17) is 5.73 Å². The average Bonchev–Trinajstić information content (AvgIpc) is 2.82. The number of unbranched alkanes of at least 4 members (excludes halogenated alkanes) is 1. The van der Waals surface area contributed by atoms with E-state index in [-0.39, 0.29) is 0 Å². The van der Waals surface area contributed by atoms with E-state index in [0.717, 1.165) is 18.3 Å². The zero-order chi connectivity index (χ0) is 13.7. The molecule has 0 spiro atoms. The Morgan fingerprint density at radius 3 is 2.68 bits per heavy atom. The Kier molecular flexibility index (Phi) is 6.37. The molecule has 1 heterocycles. The number of hydrogen-bond donors (Lipinski definition) is 1. The van der Waals surface area contributed by atoms with Gasteiger partial charge in [-0.2, -0.15) is 0 Å². The van der Waals surface area contributed by atoms with Crippen molar-refractivity contribution in [1.29, 1.82) is 0 Å². The van der Waals surface area contributed by atoms with Crippen molar-refractivity contribution in [3.8, 4) is 0 Å². The molecule has 1 aromatic rings. The van der Waals surface area contributed by atoms with Gasteiger partial charge in [0.1, 0.15) is 0 Å². The average molecular weight is 344 g/mol. The molecule has 0 aliphatic heterocycles. The van der Waals surface area contributed by atoms with Crippen LogP contribution in [0.15, 0.2) is 15.9 Å². The van der Waals surface area contributed by atoms with E-state index >= 15 is 0 Å². The summed E-state index contributed by atoms with van der Waals surface area (Å²) in [5.74, 6) is 1.73. The predicted molar refractivity (Wildman–Crippen MR) is 88.7 cm³/mol. The number of hydrogen-bond acceptors (Lipinski definition) is 2. The van der Waals surface area contributed by atoms with Gasteiger partial charge in [-0.15, -0.1) is 11.3 Å². The van der Waals surface area contributed by atoms with Gasteiger partial charge in [0.15, 0.2) is 0 Å². The topological polar surface area (TPSA) is 26.0 Å². The van der Waals surface area contributed by atoms with Crippen LogP contribution in [0.3, 0.4) is 0 Å². The SMILES string of the molecule is CCCCC1CCC(C(N)Cc2cc(Br)cs2)CC1. The molecular weight excluding hydrogens is 318 g/mol. The zero-order valence-corrected chi connectivity index (χ0v) is 14.3. The van der Waals surface area contributed by atoms with Crippen molar-refractivity contribution >= 4 is 27.3 Å². The van der Waals surface area contributed by atoms with Gasteiger partial charge < -0.3 is 5.73 Å². The second-order valence-corrected chi connectivity index (χ2v) is 7.93. The normalized spacial score (nSPS) is 25.4. The molecule has 1 unspecified atom stereocenters. The van der Waals surface area contributed by atoms with Gasteiger partial charge in [0, 0.05) is 20.8 Å². The standard InChI is InChI=1S/C16H26BrNS/c1-2-3-4-12-5-7-13(8-6-12)16(18)10-15-9-14(17)11-19-15/h9,11-13,16H,2-8,10,18H2,1H3. The Morgan fingerprint density at radius 2 is 2.11 bits per heavy atom. The van der Waals surface area contributed by atoms with E-state index in [2.05, 4.69) is 34.3 Å². The van der Waals surface area contributed by atoms with Gasteiger partial charge in [-0.1, -0.05) is 39.0 Å². The fraction of sp³-hybridized carbons (Fsp3) is 0.750. The van der Waals surface area contributed by atoms with Crippen LogP contribution in [0, 0.1) is 11.8 Å². The highest BCUT2D eigenvalue weighted by atomic mass is 79.9. The molecule has 1 aliphatic carbocycles. The second kappa shape index (κ2) is 7.80. The van der Waals surface area contributed by atoms with Crippen LogP contribution in [-0.2, 0) is 6.42 Å². The maximum atomic E-state index is 6.43. The summed E-state index contributed by atoms with van der Waals surface area (Å²) in [7, 11) is 0. The van der Waals surface area contributed by atoms with E-state index in [0.29, 0.717) is 6.04 Å². The third-order valence-corrected chi connectivity index (χ3v) is 6.24. The lowest BCUT2D eigenvalue weighted by Gasteiger charge is -2.32. The minimum Gasteiger partial charge on any atom is -0.327 e. The molecule has 0 amide bonds. The number of halogens is 1. The minimum absolute atomic E-state index is 0.359. The van der Waals surface area contributed by atoms with Crippen LogP contribution >= 0.6 is 27.3 Å². The van der Waals surface area contributed by atoms with Gasteiger partial charge in [-0.3, -0.25) is 0 Å². The van der Waals surface area contributed by atoms with Crippen LogP contribution in [-0.4, -0.2) is 6.04 Å². The molecule has 1 aliphatic rings. The van der Waals surface area contributed by atoms with Gasteiger partial charge in [-0.05, 0) is 53.1 Å². The first-order valence-electron chi connectivity index (χ1n) is 7.67. The Labute approximate surface area is 130 Å². The summed E-state index contributed by atoms with van der Waals surface area (Å²) in [5.41, 5.74) is 6.43. The van der Waals surface area contributed by atoms with Crippen LogP contribution in [0.5, 0.6) is 0 Å². The zero-order valence-electron chi connectivity index (χ0n) is 11.9. The van der Waals surface area contributed by atoms with E-state index in [1.165, 1.54) is 54.3 Å². The first-order chi connectivity index (χ1) is 9.19. The summed E-state index contributed by atoms with van der Waals surface area (Å²) in [6.07, 6.45) is 10.8. The van der Waals surface area contributed by atoms with E-state index in [9.17, 15) is 0 Å². The van der Waals surface area contributed by atoms with Crippen molar-refractivity contribution in [2.45, 2.75) is 64.3 Å². The summed E-state index contributed by atoms with van der Waals surface area (Å²) in [4.78, 5) is 1.42. The van der Waals surface area contributed by atoms with Crippen LogP contribution in [0.25, 0.3) is 0 Å². The van der Waals surface area contributed by atoms with Crippen molar-refractivity contribution in [3.63, 3.8) is 0 Å². The van der Waals surface area contributed by atoms with Gasteiger partial charge >= 0.3 is 0 Å². The molecule has 0 radical (unpaired) electrons. The molecule has 3 heteroatoms. The molecule has 1 nitrogen and oxygen atoms in total. The summed E-state index contributed by atoms with van der Waals surface area (Å²) < 4.78 is 1.20. The molecule has 0 saturated heterocycles. The van der Waals surface area contributed by atoms with E-state index < -0.39 is 0 Å². The Hall–Kier alpha value is 0.140. The van der Waals surface area contributed by atoms with Crippen molar-refractivity contribution in [2.24, 2.45) is 17.6 Å². The molecular formula is C16H26BrNS. The second-order valence-electron chi connectivity index (χ2n) is 6.02. The largest absolute Gasteiger partial charge is 0.327 e. The van der Waals surface area contributed by atoms with Gasteiger partial charge in [-0.25, -0.2) is 0 Å². The van der Waals surface area contributed by atoms with Gasteiger partial charge in [0.2, 0.25) is 0 Å². The lowest BCUT2D eigenvalue weighted by Crippen LogP contribution is -2.34. The molecule has 108 valence electrons.